The second kappa shape index (κ2) is 11.8. The van der Waals surface area contributed by atoms with Crippen LogP contribution in [0.2, 0.25) is 15.2 Å². The molecule has 0 spiro atoms. The summed E-state index contributed by atoms with van der Waals surface area (Å²) in [6.07, 6.45) is 3.34. The van der Waals surface area contributed by atoms with Gasteiger partial charge in [0.15, 0.2) is 23.1 Å². The van der Waals surface area contributed by atoms with E-state index in [1.54, 1.807) is 24.4 Å². The second-order valence-electron chi connectivity index (χ2n) is 9.35. The molecule has 0 atom stereocenters. The SMILES string of the molecule is Cc1cccc2c(Cl)nc(\C(=C3/OC(=C\c4ccccn4)/C3=N\O)c3ccccc3OCc3ccc(Cl)cc3Cl)nc12. The van der Waals surface area contributed by atoms with Gasteiger partial charge in [0.2, 0.25) is 0 Å². The molecule has 1 aliphatic rings. The van der Waals surface area contributed by atoms with Gasteiger partial charge in [0.25, 0.3) is 0 Å². The minimum atomic E-state index is 0.167. The highest BCUT2D eigenvalue weighted by Gasteiger charge is 2.36. The average molecular weight is 616 g/mol. The van der Waals surface area contributed by atoms with Crippen LogP contribution in [0.15, 0.2) is 102 Å². The number of fused-ring (bicyclic) bond motifs is 1. The highest BCUT2D eigenvalue weighted by atomic mass is 35.5. The molecular weight excluding hydrogens is 595 g/mol. The van der Waals surface area contributed by atoms with Crippen LogP contribution in [0.3, 0.4) is 0 Å². The second-order valence-corrected chi connectivity index (χ2v) is 10.5. The first kappa shape index (κ1) is 27.7. The molecular formula is C32H21Cl3N4O3. The minimum absolute atomic E-state index is 0.167. The molecule has 1 aliphatic heterocycles. The van der Waals surface area contributed by atoms with Crippen LogP contribution in [0.4, 0.5) is 0 Å². The normalized spacial score (nSPS) is 15.9. The molecule has 2 aromatic heterocycles. The Balaban J connectivity index is 1.50. The van der Waals surface area contributed by atoms with Crippen LogP contribution in [0, 0.1) is 6.92 Å². The zero-order chi connectivity index (χ0) is 29.2. The molecule has 0 radical (unpaired) electrons. The highest BCUT2D eigenvalue weighted by molar-refractivity contribution is 6.35. The number of oxime groups is 1. The molecule has 0 aliphatic carbocycles. The van der Waals surface area contributed by atoms with Crippen molar-refractivity contribution in [3.63, 3.8) is 0 Å². The van der Waals surface area contributed by atoms with Gasteiger partial charge in [-0.25, -0.2) is 9.97 Å². The summed E-state index contributed by atoms with van der Waals surface area (Å²) < 4.78 is 12.4. The van der Waals surface area contributed by atoms with Gasteiger partial charge in [-0.3, -0.25) is 4.98 Å². The molecule has 0 amide bonds. The minimum Gasteiger partial charge on any atom is -0.488 e. The molecule has 6 rings (SSSR count). The first-order valence-corrected chi connectivity index (χ1v) is 13.9. The van der Waals surface area contributed by atoms with Crippen molar-refractivity contribution in [1.29, 1.82) is 0 Å². The van der Waals surface area contributed by atoms with Crippen molar-refractivity contribution in [2.24, 2.45) is 5.16 Å². The number of aromatic nitrogens is 3. The lowest BCUT2D eigenvalue weighted by molar-refractivity contribution is 0.275. The van der Waals surface area contributed by atoms with Crippen molar-refractivity contribution in [2.45, 2.75) is 13.5 Å². The lowest BCUT2D eigenvalue weighted by atomic mass is 9.96. The van der Waals surface area contributed by atoms with Gasteiger partial charge in [0.1, 0.15) is 17.5 Å². The summed E-state index contributed by atoms with van der Waals surface area (Å²) in [5.74, 6) is 1.36. The van der Waals surface area contributed by atoms with Crippen LogP contribution in [0.1, 0.15) is 28.2 Å². The van der Waals surface area contributed by atoms with E-state index in [1.807, 2.05) is 73.7 Å². The van der Waals surface area contributed by atoms with Gasteiger partial charge in [-0.05, 0) is 48.9 Å². The molecule has 3 aromatic carbocycles. The number of ether oxygens (including phenoxy) is 2. The Morgan fingerprint density at radius 3 is 2.60 bits per heavy atom. The Labute approximate surface area is 256 Å². The van der Waals surface area contributed by atoms with E-state index >= 15 is 0 Å². The predicted molar refractivity (Wildman–Crippen MR) is 165 cm³/mol. The molecule has 1 N–H and O–H groups in total. The third-order valence-electron chi connectivity index (χ3n) is 6.61. The summed E-state index contributed by atoms with van der Waals surface area (Å²) >= 11 is 19.2. The van der Waals surface area contributed by atoms with Gasteiger partial charge in [0.05, 0.1) is 16.8 Å². The van der Waals surface area contributed by atoms with Crippen LogP contribution in [0.5, 0.6) is 5.75 Å². The van der Waals surface area contributed by atoms with Gasteiger partial charge in [0, 0.05) is 38.8 Å². The summed E-state index contributed by atoms with van der Waals surface area (Å²) in [5, 5.41) is 15.6. The Morgan fingerprint density at radius 2 is 1.81 bits per heavy atom. The van der Waals surface area contributed by atoms with E-state index in [9.17, 15) is 5.21 Å². The maximum Gasteiger partial charge on any atom is 0.188 e. The summed E-state index contributed by atoms with van der Waals surface area (Å²) in [6.45, 7) is 2.12. The van der Waals surface area contributed by atoms with Gasteiger partial charge >= 0.3 is 0 Å². The highest BCUT2D eigenvalue weighted by Crippen LogP contribution is 2.41. The van der Waals surface area contributed by atoms with Crippen molar-refractivity contribution in [3.05, 3.63) is 140 Å². The van der Waals surface area contributed by atoms with E-state index in [4.69, 9.17) is 49.3 Å². The molecule has 0 saturated carbocycles. The maximum absolute atomic E-state index is 10.1. The number of hydrogen-bond acceptors (Lipinski definition) is 7. The standard InChI is InChI=1S/C32H21Cl3N4O3/c1-18-7-6-10-23-28(18)37-32(38-31(23)35)27(30-29(39-40)26(42-30)16-21-8-4-5-14-36-21)22-9-2-3-11-25(22)41-17-19-12-13-20(33)15-24(19)34/h2-16,40H,17H2,1H3/b26-16-,30-27-,39-29+. The van der Waals surface area contributed by atoms with Crippen molar-refractivity contribution in [3.8, 4) is 5.75 Å². The van der Waals surface area contributed by atoms with Crippen molar-refractivity contribution >= 4 is 63.1 Å². The van der Waals surface area contributed by atoms with Crippen molar-refractivity contribution < 1.29 is 14.7 Å². The lowest BCUT2D eigenvalue weighted by Gasteiger charge is -2.27. The molecule has 42 heavy (non-hydrogen) atoms. The number of benzene rings is 3. The monoisotopic (exact) mass is 614 g/mol. The van der Waals surface area contributed by atoms with E-state index in [0.717, 1.165) is 11.1 Å². The average Bonchev–Trinajstić information content (AvgIpc) is 2.98. The van der Waals surface area contributed by atoms with Gasteiger partial charge in [-0.2, -0.15) is 0 Å². The molecule has 1 fully saturated rings. The van der Waals surface area contributed by atoms with Crippen LogP contribution in [0.25, 0.3) is 22.6 Å². The van der Waals surface area contributed by atoms with Crippen molar-refractivity contribution in [1.82, 2.24) is 15.0 Å². The fourth-order valence-electron chi connectivity index (χ4n) is 4.54. The van der Waals surface area contributed by atoms with Gasteiger partial charge in [-0.15, -0.1) is 0 Å². The third-order valence-corrected chi connectivity index (χ3v) is 7.49. The zero-order valence-electron chi connectivity index (χ0n) is 22.1. The first-order chi connectivity index (χ1) is 20.4. The number of para-hydroxylation sites is 2. The Morgan fingerprint density at radius 1 is 0.976 bits per heavy atom. The van der Waals surface area contributed by atoms with E-state index in [0.29, 0.717) is 49.3 Å². The maximum atomic E-state index is 10.1. The number of rotatable bonds is 6. The van der Waals surface area contributed by atoms with E-state index < -0.39 is 0 Å². The number of nitrogens with zero attached hydrogens (tertiary/aromatic N) is 4. The Bertz CT molecular complexity index is 1920. The lowest BCUT2D eigenvalue weighted by Crippen LogP contribution is -2.25. The van der Waals surface area contributed by atoms with Gasteiger partial charge < -0.3 is 14.7 Å². The van der Waals surface area contributed by atoms with Gasteiger partial charge in [-0.1, -0.05) is 82.4 Å². The predicted octanol–water partition coefficient (Wildman–Crippen LogP) is 8.53. The van der Waals surface area contributed by atoms with Crippen LogP contribution >= 0.6 is 34.8 Å². The molecule has 10 heteroatoms. The fraction of sp³-hybridized carbons (Fsp3) is 0.0625. The molecule has 0 unspecified atom stereocenters. The third kappa shape index (κ3) is 5.42. The number of pyridine rings is 1. The topological polar surface area (TPSA) is 89.7 Å². The summed E-state index contributed by atoms with van der Waals surface area (Å²) in [6, 6.07) is 23.8. The van der Waals surface area contributed by atoms with Crippen LogP contribution < -0.4 is 4.74 Å². The summed E-state index contributed by atoms with van der Waals surface area (Å²) in [4.78, 5) is 13.8. The number of aryl methyl sites for hydroxylation is 1. The summed E-state index contributed by atoms with van der Waals surface area (Å²) in [7, 11) is 0. The first-order valence-electron chi connectivity index (χ1n) is 12.8. The largest absolute Gasteiger partial charge is 0.488 e. The van der Waals surface area contributed by atoms with E-state index in [2.05, 4.69) is 15.1 Å². The molecule has 208 valence electrons. The van der Waals surface area contributed by atoms with Crippen LogP contribution in [-0.4, -0.2) is 25.9 Å². The summed E-state index contributed by atoms with van der Waals surface area (Å²) in [5.41, 5.74) is 4.23. The quantitative estimate of drug-likeness (QED) is 0.117. The fourth-order valence-corrected chi connectivity index (χ4v) is 5.23. The van der Waals surface area contributed by atoms with E-state index in [1.165, 1.54) is 0 Å². The molecule has 0 bridgehead atoms. The smallest absolute Gasteiger partial charge is 0.188 e. The Hall–Kier alpha value is -4.43. The molecule has 3 heterocycles. The zero-order valence-corrected chi connectivity index (χ0v) is 24.3. The van der Waals surface area contributed by atoms with Crippen molar-refractivity contribution in [2.75, 3.05) is 0 Å². The molecule has 5 aromatic rings. The number of hydrogen-bond donors (Lipinski definition) is 1. The van der Waals surface area contributed by atoms with Crippen LogP contribution in [-0.2, 0) is 11.3 Å². The molecule has 7 nitrogen and oxygen atoms in total. The Kier molecular flexibility index (Phi) is 7.80. The van der Waals surface area contributed by atoms with E-state index in [-0.39, 0.29) is 29.1 Å². The molecule has 1 saturated heterocycles. The number of halogens is 3.